The minimum absolute atomic E-state index is 0.0930. The Balaban J connectivity index is 1.56. The summed E-state index contributed by atoms with van der Waals surface area (Å²) in [5.41, 5.74) is 1.67. The van der Waals surface area contributed by atoms with Crippen LogP contribution >= 0.6 is 23.1 Å². The molecule has 12 heteroatoms. The van der Waals surface area contributed by atoms with E-state index in [4.69, 9.17) is 14.2 Å². The number of Topliss-reactive ketones (excluding diaryl/α,β-unsaturated/α-hetero) is 1. The zero-order valence-corrected chi connectivity index (χ0v) is 26.6. The molecule has 1 saturated heterocycles. The number of anilines is 1. The number of hydrogen-bond acceptors (Lipinski definition) is 10. The Hall–Kier alpha value is -4.42. The Kier molecular flexibility index (Phi) is 10.4. The number of carbonyl (C=O) groups excluding carboxylic acids is 2. The van der Waals surface area contributed by atoms with Crippen LogP contribution in [0.4, 0.5) is 9.52 Å². The van der Waals surface area contributed by atoms with E-state index in [1.165, 1.54) is 28.8 Å². The number of halogens is 1. The van der Waals surface area contributed by atoms with Gasteiger partial charge < -0.3 is 19.3 Å². The van der Waals surface area contributed by atoms with E-state index >= 15 is 0 Å². The highest BCUT2D eigenvalue weighted by Crippen LogP contribution is 2.45. The number of thioether (sulfide) groups is 1. The molecule has 1 fully saturated rings. The van der Waals surface area contributed by atoms with E-state index in [0.29, 0.717) is 58.3 Å². The molecule has 1 unspecified atom stereocenters. The molecule has 2 heterocycles. The van der Waals surface area contributed by atoms with Crippen molar-refractivity contribution in [3.8, 4) is 17.2 Å². The highest BCUT2D eigenvalue weighted by molar-refractivity contribution is 8.00. The van der Waals surface area contributed by atoms with Gasteiger partial charge in [-0.05, 0) is 79.9 Å². The van der Waals surface area contributed by atoms with E-state index in [-0.39, 0.29) is 22.3 Å². The maximum absolute atomic E-state index is 13.7. The first kappa shape index (κ1) is 32.0. The van der Waals surface area contributed by atoms with Gasteiger partial charge in [0.15, 0.2) is 15.8 Å². The fourth-order valence-electron chi connectivity index (χ4n) is 4.75. The van der Waals surface area contributed by atoms with Crippen LogP contribution in [0.1, 0.15) is 49.9 Å². The normalized spacial score (nSPS) is 15.8. The van der Waals surface area contributed by atoms with E-state index < -0.39 is 17.7 Å². The van der Waals surface area contributed by atoms with Gasteiger partial charge in [0.05, 0.1) is 31.4 Å². The third-order valence-corrected chi connectivity index (χ3v) is 8.93. The predicted molar refractivity (Wildman–Crippen MR) is 172 cm³/mol. The van der Waals surface area contributed by atoms with Crippen molar-refractivity contribution in [3.63, 3.8) is 0 Å². The summed E-state index contributed by atoms with van der Waals surface area (Å²) in [6, 6.07) is 17.0. The van der Waals surface area contributed by atoms with Gasteiger partial charge in [0.25, 0.3) is 5.78 Å². The minimum Gasteiger partial charge on any atom is -0.507 e. The van der Waals surface area contributed by atoms with Gasteiger partial charge in [-0.3, -0.25) is 14.5 Å². The molecule has 9 nitrogen and oxygen atoms in total. The van der Waals surface area contributed by atoms with Gasteiger partial charge >= 0.3 is 5.91 Å². The molecule has 5 rings (SSSR count). The molecule has 1 aliphatic rings. The van der Waals surface area contributed by atoms with Crippen LogP contribution in [0.15, 0.2) is 76.6 Å². The Morgan fingerprint density at radius 2 is 1.67 bits per heavy atom. The summed E-state index contributed by atoms with van der Waals surface area (Å²) in [5.74, 6) is -0.261. The number of aliphatic hydroxyl groups excluding tert-OH is 1. The summed E-state index contributed by atoms with van der Waals surface area (Å²) < 4.78 is 31.1. The molecule has 0 aliphatic carbocycles. The van der Waals surface area contributed by atoms with E-state index in [1.807, 2.05) is 20.8 Å². The molecule has 45 heavy (non-hydrogen) atoms. The molecule has 4 aromatic rings. The average molecular weight is 650 g/mol. The maximum Gasteiger partial charge on any atom is 0.301 e. The average Bonchev–Trinajstić information content (AvgIpc) is 3.62. The number of amides is 1. The fourth-order valence-corrected chi connectivity index (χ4v) is 6.58. The fraction of sp³-hybridized carbons (Fsp3) is 0.273. The first-order chi connectivity index (χ1) is 21.8. The SMILES string of the molecule is CCCOc1ccc(C2/C(=C(\O)c3ccc(OCC)cc3)C(=O)C(=O)N2c2nnc(SCc3ccc(F)cc3)s2)cc1OCC. The Bertz CT molecular complexity index is 1690. The van der Waals surface area contributed by atoms with Crippen LogP contribution in [0.5, 0.6) is 17.2 Å². The van der Waals surface area contributed by atoms with Crippen molar-refractivity contribution in [1.82, 2.24) is 10.2 Å². The smallest absolute Gasteiger partial charge is 0.301 e. The zero-order chi connectivity index (χ0) is 31.9. The first-order valence-electron chi connectivity index (χ1n) is 14.5. The van der Waals surface area contributed by atoms with Crippen molar-refractivity contribution in [2.75, 3.05) is 24.7 Å². The standard InChI is InChI=1S/C33H32FN3O6S2/c1-4-17-43-25-16-11-22(18-26(25)42-6-3)28-27(29(38)21-9-14-24(15-10-21)41-5-2)30(39)31(40)37(28)32-35-36-33(45-32)44-19-20-7-12-23(34)13-8-20/h7-16,18,28,38H,4-6,17,19H2,1-3H3/b29-27+. The van der Waals surface area contributed by atoms with Crippen LogP contribution in [0, 0.1) is 5.82 Å². The molecule has 0 saturated carbocycles. The number of aromatic nitrogens is 2. The molecule has 1 atom stereocenters. The minimum atomic E-state index is -1.03. The largest absolute Gasteiger partial charge is 0.507 e. The summed E-state index contributed by atoms with van der Waals surface area (Å²) >= 11 is 2.52. The number of ketones is 1. The summed E-state index contributed by atoms with van der Waals surface area (Å²) in [7, 11) is 0. The third kappa shape index (κ3) is 7.12. The number of carbonyl (C=O) groups is 2. The maximum atomic E-state index is 13.7. The molecule has 1 N–H and O–H groups in total. The van der Waals surface area contributed by atoms with E-state index in [9.17, 15) is 19.1 Å². The molecule has 1 amide bonds. The molecule has 3 aromatic carbocycles. The van der Waals surface area contributed by atoms with Crippen LogP contribution in [-0.2, 0) is 15.3 Å². The number of rotatable bonds is 13. The lowest BCUT2D eigenvalue weighted by atomic mass is 9.95. The monoisotopic (exact) mass is 649 g/mol. The van der Waals surface area contributed by atoms with Crippen molar-refractivity contribution >= 4 is 45.7 Å². The van der Waals surface area contributed by atoms with Gasteiger partial charge in [-0.15, -0.1) is 10.2 Å². The topological polar surface area (TPSA) is 111 Å². The van der Waals surface area contributed by atoms with Gasteiger partial charge in [0.1, 0.15) is 17.3 Å². The molecular formula is C33H32FN3O6S2. The lowest BCUT2D eigenvalue weighted by molar-refractivity contribution is -0.132. The molecule has 234 valence electrons. The molecule has 0 bridgehead atoms. The van der Waals surface area contributed by atoms with E-state index in [0.717, 1.165) is 23.3 Å². The van der Waals surface area contributed by atoms with Crippen molar-refractivity contribution in [2.45, 2.75) is 43.3 Å². The van der Waals surface area contributed by atoms with Crippen LogP contribution in [-0.4, -0.2) is 46.8 Å². The lowest BCUT2D eigenvalue weighted by Gasteiger charge is -2.23. The van der Waals surface area contributed by atoms with Crippen molar-refractivity contribution in [1.29, 1.82) is 0 Å². The van der Waals surface area contributed by atoms with E-state index in [2.05, 4.69) is 10.2 Å². The summed E-state index contributed by atoms with van der Waals surface area (Å²) in [5, 5.41) is 20.2. The number of benzene rings is 3. The van der Waals surface area contributed by atoms with Gasteiger partial charge in [-0.2, -0.15) is 0 Å². The number of aliphatic hydroxyl groups is 1. The summed E-state index contributed by atoms with van der Waals surface area (Å²) in [4.78, 5) is 28.6. The molecule has 1 aliphatic heterocycles. The van der Waals surface area contributed by atoms with Crippen LogP contribution in [0.3, 0.4) is 0 Å². The van der Waals surface area contributed by atoms with Gasteiger partial charge in [-0.1, -0.05) is 48.2 Å². The van der Waals surface area contributed by atoms with Crippen molar-refractivity contribution in [2.24, 2.45) is 0 Å². The second-order valence-corrected chi connectivity index (χ2v) is 12.1. The van der Waals surface area contributed by atoms with Crippen LogP contribution in [0.25, 0.3) is 5.76 Å². The highest BCUT2D eigenvalue weighted by atomic mass is 32.2. The van der Waals surface area contributed by atoms with Crippen LogP contribution < -0.4 is 19.1 Å². The van der Waals surface area contributed by atoms with Crippen molar-refractivity contribution in [3.05, 3.63) is 94.8 Å². The molecule has 1 aromatic heterocycles. The quantitative estimate of drug-likeness (QED) is 0.0529. The lowest BCUT2D eigenvalue weighted by Crippen LogP contribution is -2.29. The molecule has 0 radical (unpaired) electrons. The van der Waals surface area contributed by atoms with E-state index in [1.54, 1.807) is 54.6 Å². The second-order valence-electron chi connectivity index (χ2n) is 9.88. The Labute approximate surface area is 268 Å². The van der Waals surface area contributed by atoms with Crippen LogP contribution in [0.2, 0.25) is 0 Å². The first-order valence-corrected chi connectivity index (χ1v) is 16.3. The van der Waals surface area contributed by atoms with Gasteiger partial charge in [0, 0.05) is 11.3 Å². The van der Waals surface area contributed by atoms with Gasteiger partial charge in [-0.25, -0.2) is 4.39 Å². The summed E-state index contributed by atoms with van der Waals surface area (Å²) in [6.45, 7) is 7.04. The van der Waals surface area contributed by atoms with Gasteiger partial charge in [0.2, 0.25) is 5.13 Å². The Morgan fingerprint density at radius 1 is 0.933 bits per heavy atom. The zero-order valence-electron chi connectivity index (χ0n) is 25.0. The highest BCUT2D eigenvalue weighted by Gasteiger charge is 2.48. The number of ether oxygens (including phenoxy) is 3. The second kappa shape index (κ2) is 14.6. The predicted octanol–water partition coefficient (Wildman–Crippen LogP) is 7.18. The number of nitrogens with zero attached hydrogens (tertiary/aromatic N) is 3. The van der Waals surface area contributed by atoms with Crippen molar-refractivity contribution < 1.29 is 33.3 Å². The molecular weight excluding hydrogens is 618 g/mol. The Morgan fingerprint density at radius 3 is 2.36 bits per heavy atom. The number of hydrogen-bond donors (Lipinski definition) is 1. The summed E-state index contributed by atoms with van der Waals surface area (Å²) in [6.07, 6.45) is 0.800. The molecule has 0 spiro atoms. The third-order valence-electron chi connectivity index (χ3n) is 6.81.